The first-order valence-electron chi connectivity index (χ1n) is 5.32. The van der Waals surface area contributed by atoms with E-state index in [-0.39, 0.29) is 12.6 Å². The summed E-state index contributed by atoms with van der Waals surface area (Å²) in [5.41, 5.74) is 1.43. The van der Waals surface area contributed by atoms with Crippen LogP contribution >= 0.6 is 27.5 Å². The molecule has 4 heteroatoms. The summed E-state index contributed by atoms with van der Waals surface area (Å²) in [4.78, 5) is 11.8. The van der Waals surface area contributed by atoms with Gasteiger partial charge in [-0.25, -0.2) is 4.79 Å². The molecule has 0 aliphatic heterocycles. The Kier molecular flexibility index (Phi) is 4.39. The topological polar surface area (TPSA) is 26.3 Å². The second-order valence-electron chi connectivity index (χ2n) is 3.71. The minimum atomic E-state index is -0.341. The van der Waals surface area contributed by atoms with E-state index < -0.39 is 0 Å². The lowest BCUT2D eigenvalue weighted by Gasteiger charge is -2.05. The van der Waals surface area contributed by atoms with Crippen LogP contribution in [-0.2, 0) is 11.3 Å². The fourth-order valence-corrected chi connectivity index (χ4v) is 1.95. The van der Waals surface area contributed by atoms with Crippen molar-refractivity contribution >= 4 is 33.5 Å². The smallest absolute Gasteiger partial charge is 0.338 e. The molecule has 0 spiro atoms. The molecule has 0 aliphatic rings. The third-order valence-electron chi connectivity index (χ3n) is 2.34. The van der Waals surface area contributed by atoms with Gasteiger partial charge in [-0.05, 0) is 35.9 Å². The standard InChI is InChI=1S/C14H10BrClO2/c15-12-3-1-2-11(8-12)14(17)18-9-10-4-6-13(16)7-5-10/h1-8H,9H2. The van der Waals surface area contributed by atoms with Crippen LogP contribution in [0.25, 0.3) is 0 Å². The normalized spacial score (nSPS) is 10.1. The van der Waals surface area contributed by atoms with Crippen LogP contribution in [-0.4, -0.2) is 5.97 Å². The van der Waals surface area contributed by atoms with Gasteiger partial charge < -0.3 is 4.74 Å². The molecule has 0 N–H and O–H groups in total. The molecule has 2 nitrogen and oxygen atoms in total. The molecule has 0 unspecified atom stereocenters. The number of hydrogen-bond donors (Lipinski definition) is 0. The molecule has 92 valence electrons. The van der Waals surface area contributed by atoms with Gasteiger partial charge >= 0.3 is 5.97 Å². The number of carbonyl (C=O) groups is 1. The Hall–Kier alpha value is -1.32. The van der Waals surface area contributed by atoms with E-state index in [1.165, 1.54) is 0 Å². The molecule has 0 aromatic heterocycles. The number of rotatable bonds is 3. The molecule has 0 atom stereocenters. The van der Waals surface area contributed by atoms with Gasteiger partial charge in [0.05, 0.1) is 5.56 Å². The van der Waals surface area contributed by atoms with E-state index >= 15 is 0 Å². The largest absolute Gasteiger partial charge is 0.457 e. The van der Waals surface area contributed by atoms with Crippen molar-refractivity contribution in [2.75, 3.05) is 0 Å². The van der Waals surface area contributed by atoms with Crippen LogP contribution in [0.3, 0.4) is 0 Å². The van der Waals surface area contributed by atoms with Crippen molar-refractivity contribution in [3.8, 4) is 0 Å². The van der Waals surface area contributed by atoms with E-state index in [0.29, 0.717) is 10.6 Å². The van der Waals surface area contributed by atoms with Crippen molar-refractivity contribution in [3.05, 3.63) is 69.2 Å². The molecule has 0 fully saturated rings. The van der Waals surface area contributed by atoms with E-state index in [9.17, 15) is 4.79 Å². The zero-order valence-corrected chi connectivity index (χ0v) is 11.7. The molecular formula is C14H10BrClO2. The number of esters is 1. The lowest BCUT2D eigenvalue weighted by Crippen LogP contribution is -2.05. The van der Waals surface area contributed by atoms with Crippen molar-refractivity contribution in [1.29, 1.82) is 0 Å². The Balaban J connectivity index is 1.98. The van der Waals surface area contributed by atoms with Gasteiger partial charge in [-0.15, -0.1) is 0 Å². The molecule has 0 amide bonds. The summed E-state index contributed by atoms with van der Waals surface area (Å²) in [6.45, 7) is 0.239. The van der Waals surface area contributed by atoms with Crippen molar-refractivity contribution in [1.82, 2.24) is 0 Å². The number of carbonyl (C=O) groups excluding carboxylic acids is 1. The number of benzene rings is 2. The molecule has 0 saturated carbocycles. The Morgan fingerprint density at radius 1 is 1.17 bits per heavy atom. The highest BCUT2D eigenvalue weighted by Crippen LogP contribution is 2.14. The molecular weight excluding hydrogens is 316 g/mol. The first-order valence-corrected chi connectivity index (χ1v) is 6.49. The van der Waals surface area contributed by atoms with E-state index in [4.69, 9.17) is 16.3 Å². The lowest BCUT2D eigenvalue weighted by molar-refractivity contribution is 0.0472. The summed E-state index contributed by atoms with van der Waals surface area (Å²) in [6.07, 6.45) is 0. The second-order valence-corrected chi connectivity index (χ2v) is 5.07. The van der Waals surface area contributed by atoms with Crippen LogP contribution in [0.5, 0.6) is 0 Å². The van der Waals surface area contributed by atoms with Crippen LogP contribution in [0.4, 0.5) is 0 Å². The molecule has 0 heterocycles. The Labute approximate surface area is 119 Å². The van der Waals surface area contributed by atoms with E-state index in [2.05, 4.69) is 15.9 Å². The molecule has 0 saturated heterocycles. The molecule has 0 radical (unpaired) electrons. The summed E-state index contributed by atoms with van der Waals surface area (Å²) >= 11 is 9.09. The fourth-order valence-electron chi connectivity index (χ4n) is 1.43. The zero-order chi connectivity index (χ0) is 13.0. The quantitative estimate of drug-likeness (QED) is 0.779. The SMILES string of the molecule is O=C(OCc1ccc(Cl)cc1)c1cccc(Br)c1. The van der Waals surface area contributed by atoms with Crippen LogP contribution in [0.2, 0.25) is 5.02 Å². The van der Waals surface area contributed by atoms with Gasteiger partial charge in [-0.2, -0.15) is 0 Å². The monoisotopic (exact) mass is 324 g/mol. The molecule has 2 aromatic carbocycles. The van der Waals surface area contributed by atoms with Gasteiger partial charge in [0, 0.05) is 9.50 Å². The fraction of sp³-hybridized carbons (Fsp3) is 0.0714. The number of halogens is 2. The van der Waals surface area contributed by atoms with Gasteiger partial charge in [0.2, 0.25) is 0 Å². The average molecular weight is 326 g/mol. The van der Waals surface area contributed by atoms with Gasteiger partial charge in [-0.1, -0.05) is 45.7 Å². The van der Waals surface area contributed by atoms with E-state index in [1.54, 1.807) is 30.3 Å². The average Bonchev–Trinajstić information content (AvgIpc) is 2.38. The van der Waals surface area contributed by atoms with Gasteiger partial charge in [0.1, 0.15) is 6.61 Å². The summed E-state index contributed by atoms with van der Waals surface area (Å²) in [6, 6.07) is 14.3. The Morgan fingerprint density at radius 3 is 2.56 bits per heavy atom. The van der Waals surface area contributed by atoms with Crippen LogP contribution in [0.1, 0.15) is 15.9 Å². The maximum Gasteiger partial charge on any atom is 0.338 e. The predicted molar refractivity (Wildman–Crippen MR) is 74.7 cm³/mol. The minimum Gasteiger partial charge on any atom is -0.457 e. The molecule has 18 heavy (non-hydrogen) atoms. The number of ether oxygens (including phenoxy) is 1. The van der Waals surface area contributed by atoms with Gasteiger partial charge in [-0.3, -0.25) is 0 Å². The number of hydrogen-bond acceptors (Lipinski definition) is 2. The third kappa shape index (κ3) is 3.59. The van der Waals surface area contributed by atoms with Crippen LogP contribution < -0.4 is 0 Å². The van der Waals surface area contributed by atoms with Gasteiger partial charge in [0.15, 0.2) is 0 Å². The predicted octanol–water partition coefficient (Wildman–Crippen LogP) is 4.46. The summed E-state index contributed by atoms with van der Waals surface area (Å²) in [5.74, 6) is -0.341. The maximum atomic E-state index is 11.8. The van der Waals surface area contributed by atoms with Crippen LogP contribution in [0, 0.1) is 0 Å². The first-order chi connectivity index (χ1) is 8.65. The van der Waals surface area contributed by atoms with Crippen molar-refractivity contribution in [2.24, 2.45) is 0 Å². The first kappa shape index (κ1) is 13.1. The summed E-state index contributed by atoms with van der Waals surface area (Å²) in [7, 11) is 0. The summed E-state index contributed by atoms with van der Waals surface area (Å²) < 4.78 is 6.06. The minimum absolute atomic E-state index is 0.239. The van der Waals surface area contributed by atoms with Crippen LogP contribution in [0.15, 0.2) is 53.0 Å². The molecule has 0 aliphatic carbocycles. The van der Waals surface area contributed by atoms with E-state index in [1.807, 2.05) is 18.2 Å². The Morgan fingerprint density at radius 2 is 1.89 bits per heavy atom. The van der Waals surface area contributed by atoms with Crippen molar-refractivity contribution in [3.63, 3.8) is 0 Å². The second kappa shape index (κ2) is 6.03. The molecule has 2 aromatic rings. The lowest BCUT2D eigenvalue weighted by atomic mass is 10.2. The highest BCUT2D eigenvalue weighted by atomic mass is 79.9. The van der Waals surface area contributed by atoms with Gasteiger partial charge in [0.25, 0.3) is 0 Å². The van der Waals surface area contributed by atoms with Crippen molar-refractivity contribution < 1.29 is 9.53 Å². The van der Waals surface area contributed by atoms with Crippen molar-refractivity contribution in [2.45, 2.75) is 6.61 Å². The third-order valence-corrected chi connectivity index (χ3v) is 3.09. The zero-order valence-electron chi connectivity index (χ0n) is 9.40. The van der Waals surface area contributed by atoms with E-state index in [0.717, 1.165) is 10.0 Å². The highest BCUT2D eigenvalue weighted by molar-refractivity contribution is 9.10. The maximum absolute atomic E-state index is 11.8. The Bertz CT molecular complexity index is 552. The molecule has 0 bridgehead atoms. The highest BCUT2D eigenvalue weighted by Gasteiger charge is 2.07. The molecule has 2 rings (SSSR count). The summed E-state index contributed by atoms with van der Waals surface area (Å²) in [5, 5.41) is 0.664.